The van der Waals surface area contributed by atoms with Crippen LogP contribution in [0.25, 0.3) is 0 Å². The summed E-state index contributed by atoms with van der Waals surface area (Å²) in [5.74, 6) is 0. The predicted octanol–water partition coefficient (Wildman–Crippen LogP) is 4.64. The molecule has 0 aliphatic rings. The standard InChI is InChI=1S/C17H26N2S2/c1-13-14(9-16(21-13)10-18-17(2,3)4)11-19(5)12-15-7-6-8-20-15/h6-9,18H,10-12H2,1-5H3. The summed E-state index contributed by atoms with van der Waals surface area (Å²) in [4.78, 5) is 6.70. The zero-order valence-electron chi connectivity index (χ0n) is 13.7. The SMILES string of the molecule is Cc1sc(CNC(C)(C)C)cc1CN(C)Cc1cccs1. The number of hydrogen-bond donors (Lipinski definition) is 1. The van der Waals surface area contributed by atoms with E-state index in [4.69, 9.17) is 0 Å². The van der Waals surface area contributed by atoms with Crippen molar-refractivity contribution in [3.05, 3.63) is 43.8 Å². The molecule has 0 saturated heterocycles. The minimum atomic E-state index is 0.175. The van der Waals surface area contributed by atoms with E-state index in [1.165, 1.54) is 20.2 Å². The Kier molecular flexibility index (Phi) is 5.60. The van der Waals surface area contributed by atoms with Crippen molar-refractivity contribution >= 4 is 22.7 Å². The van der Waals surface area contributed by atoms with Crippen LogP contribution in [0.15, 0.2) is 23.6 Å². The molecule has 0 saturated carbocycles. The maximum atomic E-state index is 3.57. The van der Waals surface area contributed by atoms with Crippen molar-refractivity contribution in [3.8, 4) is 0 Å². The Hall–Kier alpha value is -0.680. The van der Waals surface area contributed by atoms with Crippen molar-refractivity contribution in [3.63, 3.8) is 0 Å². The summed E-state index contributed by atoms with van der Waals surface area (Å²) in [5.41, 5.74) is 1.64. The molecule has 0 atom stereocenters. The Bertz CT molecular complexity index is 550. The van der Waals surface area contributed by atoms with Gasteiger partial charge in [-0.2, -0.15) is 0 Å². The first-order valence-electron chi connectivity index (χ1n) is 7.37. The smallest absolute Gasteiger partial charge is 0.0328 e. The molecule has 2 heterocycles. The molecular formula is C17H26N2S2. The second-order valence-corrected chi connectivity index (χ2v) is 9.02. The Labute approximate surface area is 136 Å². The largest absolute Gasteiger partial charge is 0.307 e. The van der Waals surface area contributed by atoms with Crippen LogP contribution in [0, 0.1) is 6.92 Å². The number of hydrogen-bond acceptors (Lipinski definition) is 4. The van der Waals surface area contributed by atoms with Gasteiger partial charge in [0.2, 0.25) is 0 Å². The van der Waals surface area contributed by atoms with Crippen molar-refractivity contribution in [1.29, 1.82) is 0 Å². The van der Waals surface area contributed by atoms with Gasteiger partial charge in [-0.05, 0) is 57.8 Å². The summed E-state index contributed by atoms with van der Waals surface area (Å²) in [7, 11) is 2.20. The fourth-order valence-corrected chi connectivity index (χ4v) is 3.98. The normalized spacial score (nSPS) is 12.3. The number of thiophene rings is 2. The molecule has 0 radical (unpaired) electrons. The summed E-state index contributed by atoms with van der Waals surface area (Å²) in [6.07, 6.45) is 0. The Morgan fingerprint density at radius 3 is 2.57 bits per heavy atom. The van der Waals surface area contributed by atoms with Crippen LogP contribution < -0.4 is 5.32 Å². The summed E-state index contributed by atoms with van der Waals surface area (Å²) >= 11 is 3.75. The molecule has 1 N–H and O–H groups in total. The maximum absolute atomic E-state index is 3.57. The number of aryl methyl sites for hydroxylation is 1. The topological polar surface area (TPSA) is 15.3 Å². The lowest BCUT2D eigenvalue weighted by molar-refractivity contribution is 0.322. The maximum Gasteiger partial charge on any atom is 0.0328 e. The highest BCUT2D eigenvalue weighted by molar-refractivity contribution is 7.12. The molecule has 0 unspecified atom stereocenters. The summed E-state index contributed by atoms with van der Waals surface area (Å²) < 4.78 is 0. The third kappa shape index (κ3) is 5.55. The Morgan fingerprint density at radius 1 is 1.19 bits per heavy atom. The zero-order chi connectivity index (χ0) is 15.5. The summed E-state index contributed by atoms with van der Waals surface area (Å²) in [6.45, 7) is 11.9. The average molecular weight is 323 g/mol. The zero-order valence-corrected chi connectivity index (χ0v) is 15.3. The molecule has 0 bridgehead atoms. The third-order valence-corrected chi connectivity index (χ3v) is 5.26. The molecule has 0 amide bonds. The van der Waals surface area contributed by atoms with Crippen LogP contribution >= 0.6 is 22.7 Å². The highest BCUT2D eigenvalue weighted by Gasteiger charge is 2.12. The van der Waals surface area contributed by atoms with Crippen LogP contribution in [0.4, 0.5) is 0 Å². The molecule has 2 rings (SSSR count). The summed E-state index contributed by atoms with van der Waals surface area (Å²) in [5, 5.41) is 5.71. The lowest BCUT2D eigenvalue weighted by Gasteiger charge is -2.19. The number of nitrogens with zero attached hydrogens (tertiary/aromatic N) is 1. The second-order valence-electron chi connectivity index (χ2n) is 6.65. The molecule has 2 aromatic rings. The van der Waals surface area contributed by atoms with Crippen molar-refractivity contribution < 1.29 is 0 Å². The van der Waals surface area contributed by atoms with Gasteiger partial charge in [-0.15, -0.1) is 22.7 Å². The summed E-state index contributed by atoms with van der Waals surface area (Å²) in [6, 6.07) is 6.70. The van der Waals surface area contributed by atoms with E-state index in [9.17, 15) is 0 Å². The van der Waals surface area contributed by atoms with E-state index in [-0.39, 0.29) is 5.54 Å². The van der Waals surface area contributed by atoms with Crippen LogP contribution in [-0.2, 0) is 19.6 Å². The van der Waals surface area contributed by atoms with Gasteiger partial charge in [0.05, 0.1) is 0 Å². The molecule has 0 aliphatic carbocycles. The van der Waals surface area contributed by atoms with Gasteiger partial charge in [0.25, 0.3) is 0 Å². The van der Waals surface area contributed by atoms with Crippen LogP contribution in [0.3, 0.4) is 0 Å². The first kappa shape index (κ1) is 16.7. The molecule has 0 fully saturated rings. The molecule has 2 nitrogen and oxygen atoms in total. The lowest BCUT2D eigenvalue weighted by Crippen LogP contribution is -2.34. The van der Waals surface area contributed by atoms with Gasteiger partial charge in [0.1, 0.15) is 0 Å². The van der Waals surface area contributed by atoms with Crippen molar-refractivity contribution in [1.82, 2.24) is 10.2 Å². The van der Waals surface area contributed by atoms with Crippen molar-refractivity contribution in [2.45, 2.75) is 52.9 Å². The van der Waals surface area contributed by atoms with E-state index in [0.717, 1.165) is 19.6 Å². The van der Waals surface area contributed by atoms with E-state index in [0.29, 0.717) is 0 Å². The molecular weight excluding hydrogens is 296 g/mol. The van der Waals surface area contributed by atoms with E-state index in [1.807, 2.05) is 22.7 Å². The highest BCUT2D eigenvalue weighted by Crippen LogP contribution is 2.24. The fraction of sp³-hybridized carbons (Fsp3) is 0.529. The molecule has 116 valence electrons. The molecule has 0 aromatic carbocycles. The minimum Gasteiger partial charge on any atom is -0.307 e. The second kappa shape index (κ2) is 7.05. The van der Waals surface area contributed by atoms with Gasteiger partial charge in [-0.25, -0.2) is 0 Å². The van der Waals surface area contributed by atoms with Gasteiger partial charge in [-0.3, -0.25) is 4.90 Å². The van der Waals surface area contributed by atoms with Crippen LogP contribution in [0.5, 0.6) is 0 Å². The first-order chi connectivity index (χ1) is 9.83. The average Bonchev–Trinajstić information content (AvgIpc) is 2.97. The number of rotatable bonds is 6. The van der Waals surface area contributed by atoms with Crippen LogP contribution in [0.2, 0.25) is 0 Å². The number of nitrogens with one attached hydrogen (secondary N) is 1. The lowest BCUT2D eigenvalue weighted by atomic mass is 10.1. The van der Waals surface area contributed by atoms with Gasteiger partial charge in [0, 0.05) is 39.8 Å². The molecule has 4 heteroatoms. The van der Waals surface area contributed by atoms with E-state index < -0.39 is 0 Å². The van der Waals surface area contributed by atoms with Crippen molar-refractivity contribution in [2.75, 3.05) is 7.05 Å². The van der Waals surface area contributed by atoms with Gasteiger partial charge in [0.15, 0.2) is 0 Å². The van der Waals surface area contributed by atoms with E-state index in [1.54, 1.807) is 0 Å². The van der Waals surface area contributed by atoms with E-state index in [2.05, 4.69) is 68.5 Å². The molecule has 21 heavy (non-hydrogen) atoms. The van der Waals surface area contributed by atoms with Crippen LogP contribution in [0.1, 0.15) is 41.0 Å². The van der Waals surface area contributed by atoms with Gasteiger partial charge >= 0.3 is 0 Å². The third-order valence-electron chi connectivity index (χ3n) is 3.31. The molecule has 0 aliphatic heterocycles. The Balaban J connectivity index is 1.92. The van der Waals surface area contributed by atoms with Gasteiger partial charge in [-0.1, -0.05) is 6.07 Å². The molecule has 2 aromatic heterocycles. The first-order valence-corrected chi connectivity index (χ1v) is 9.07. The Morgan fingerprint density at radius 2 is 1.95 bits per heavy atom. The van der Waals surface area contributed by atoms with Crippen molar-refractivity contribution in [2.24, 2.45) is 0 Å². The minimum absolute atomic E-state index is 0.175. The molecule has 0 spiro atoms. The fourth-order valence-electron chi connectivity index (χ4n) is 2.20. The van der Waals surface area contributed by atoms with Crippen LogP contribution in [-0.4, -0.2) is 17.5 Å². The highest BCUT2D eigenvalue weighted by atomic mass is 32.1. The predicted molar refractivity (Wildman–Crippen MR) is 95.1 cm³/mol. The quantitative estimate of drug-likeness (QED) is 0.833. The van der Waals surface area contributed by atoms with Gasteiger partial charge < -0.3 is 5.32 Å². The monoisotopic (exact) mass is 322 g/mol. The van der Waals surface area contributed by atoms with E-state index >= 15 is 0 Å².